The lowest BCUT2D eigenvalue weighted by atomic mass is 10.0. The van der Waals surface area contributed by atoms with Gasteiger partial charge in [0.1, 0.15) is 12.2 Å². The van der Waals surface area contributed by atoms with Crippen molar-refractivity contribution >= 4 is 17.8 Å². The van der Waals surface area contributed by atoms with Gasteiger partial charge in [-0.15, -0.1) is 0 Å². The molecule has 1 aliphatic heterocycles. The van der Waals surface area contributed by atoms with Crippen molar-refractivity contribution in [1.29, 1.82) is 0 Å². The monoisotopic (exact) mass is 480 g/mol. The molecule has 0 saturated heterocycles. The highest BCUT2D eigenvalue weighted by Gasteiger charge is 2.31. The predicted molar refractivity (Wildman–Crippen MR) is 130 cm³/mol. The molecule has 0 fully saturated rings. The Hall–Kier alpha value is -3.65. The van der Waals surface area contributed by atoms with Gasteiger partial charge < -0.3 is 19.1 Å². The summed E-state index contributed by atoms with van der Waals surface area (Å²) >= 11 is 0. The normalized spacial score (nSPS) is 13.8. The van der Waals surface area contributed by atoms with Crippen LogP contribution in [-0.4, -0.2) is 61.6 Å². The van der Waals surface area contributed by atoms with Crippen molar-refractivity contribution in [1.82, 2.24) is 9.80 Å². The van der Waals surface area contributed by atoms with Gasteiger partial charge in [0.2, 0.25) is 5.91 Å². The summed E-state index contributed by atoms with van der Waals surface area (Å²) in [4.78, 5) is 41.9. The molecule has 8 heteroatoms. The maximum atomic E-state index is 13.3. The van der Waals surface area contributed by atoms with Crippen LogP contribution in [0.5, 0.6) is 5.75 Å². The Balaban J connectivity index is 1.97. The quantitative estimate of drug-likeness (QED) is 0.381. The summed E-state index contributed by atoms with van der Waals surface area (Å²) in [5, 5.41) is 0. The van der Waals surface area contributed by atoms with Crippen LogP contribution in [0, 0.1) is 0 Å². The lowest BCUT2D eigenvalue weighted by Crippen LogP contribution is -2.42. The van der Waals surface area contributed by atoms with E-state index in [0.29, 0.717) is 43.1 Å². The average Bonchev–Trinajstić information content (AvgIpc) is 2.88. The van der Waals surface area contributed by atoms with Gasteiger partial charge in [0.05, 0.1) is 32.9 Å². The summed E-state index contributed by atoms with van der Waals surface area (Å²) in [6.07, 6.45) is 0.0105. The number of esters is 2. The number of rotatable bonds is 10. The van der Waals surface area contributed by atoms with Gasteiger partial charge in [0.15, 0.2) is 0 Å². The fourth-order valence-corrected chi connectivity index (χ4v) is 4.00. The molecule has 1 amide bonds. The Labute approximate surface area is 206 Å². The molecule has 8 nitrogen and oxygen atoms in total. The van der Waals surface area contributed by atoms with E-state index in [1.54, 1.807) is 14.0 Å². The van der Waals surface area contributed by atoms with Gasteiger partial charge in [0, 0.05) is 25.3 Å². The second-order valence-electron chi connectivity index (χ2n) is 8.17. The highest BCUT2D eigenvalue weighted by molar-refractivity contribution is 5.96. The summed E-state index contributed by atoms with van der Waals surface area (Å²) in [7, 11) is 2.83. The van der Waals surface area contributed by atoms with Crippen molar-refractivity contribution in [3.8, 4) is 5.75 Å². The van der Waals surface area contributed by atoms with Crippen LogP contribution in [0.25, 0.3) is 0 Å². The first-order valence-electron chi connectivity index (χ1n) is 11.6. The zero-order valence-electron chi connectivity index (χ0n) is 20.5. The first-order valence-corrected chi connectivity index (χ1v) is 11.6. The topological polar surface area (TPSA) is 85.4 Å². The number of hydrogen-bond acceptors (Lipinski definition) is 7. The van der Waals surface area contributed by atoms with E-state index in [4.69, 9.17) is 14.2 Å². The highest BCUT2D eigenvalue weighted by Crippen LogP contribution is 2.27. The zero-order chi connectivity index (χ0) is 25.2. The predicted octanol–water partition coefficient (Wildman–Crippen LogP) is 3.31. The van der Waals surface area contributed by atoms with Crippen molar-refractivity contribution in [2.24, 2.45) is 0 Å². The van der Waals surface area contributed by atoms with E-state index >= 15 is 0 Å². The minimum Gasteiger partial charge on any atom is -0.497 e. The van der Waals surface area contributed by atoms with Crippen LogP contribution in [0.3, 0.4) is 0 Å². The summed E-state index contributed by atoms with van der Waals surface area (Å²) in [6.45, 7) is 3.86. The van der Waals surface area contributed by atoms with Gasteiger partial charge >= 0.3 is 11.9 Å². The molecule has 0 spiro atoms. The molecule has 186 valence electrons. The maximum absolute atomic E-state index is 13.3. The molecule has 35 heavy (non-hydrogen) atoms. The number of amides is 1. The van der Waals surface area contributed by atoms with E-state index in [9.17, 15) is 14.4 Å². The van der Waals surface area contributed by atoms with E-state index in [2.05, 4.69) is 4.90 Å². The van der Waals surface area contributed by atoms with E-state index in [1.807, 2.05) is 54.6 Å². The minimum absolute atomic E-state index is 0.192. The first-order chi connectivity index (χ1) is 16.9. The number of nitrogens with zero attached hydrogens (tertiary/aromatic N) is 2. The Morgan fingerprint density at radius 1 is 0.971 bits per heavy atom. The van der Waals surface area contributed by atoms with Gasteiger partial charge in [-0.2, -0.15) is 0 Å². The number of carbonyl (C=O) groups is 3. The van der Waals surface area contributed by atoms with Gasteiger partial charge in [-0.3, -0.25) is 14.5 Å². The second kappa shape index (κ2) is 12.7. The Kier molecular flexibility index (Phi) is 9.43. The molecule has 0 saturated carbocycles. The molecule has 0 N–H and O–H groups in total. The van der Waals surface area contributed by atoms with Gasteiger partial charge in [-0.05, 0) is 36.6 Å². The van der Waals surface area contributed by atoms with Gasteiger partial charge in [-0.25, -0.2) is 4.79 Å². The van der Waals surface area contributed by atoms with Gasteiger partial charge in [-0.1, -0.05) is 42.5 Å². The molecule has 0 atom stereocenters. The Morgan fingerprint density at radius 3 is 2.31 bits per heavy atom. The lowest BCUT2D eigenvalue weighted by molar-refractivity contribution is -0.146. The standard InChI is InChI=1S/C27H32N2O6/c1-4-35-27(32)23-14-15-28(17-20-8-6-5-7-9-20)19-24(23)29(25(30)16-26(31)34-3)18-21-10-12-22(33-2)13-11-21/h5-13H,4,14-19H2,1-3H3. The van der Waals surface area contributed by atoms with E-state index in [0.717, 1.165) is 11.1 Å². The molecule has 0 aliphatic carbocycles. The Morgan fingerprint density at radius 2 is 1.69 bits per heavy atom. The van der Waals surface area contributed by atoms with Crippen LogP contribution in [0.1, 0.15) is 30.9 Å². The molecule has 3 rings (SSSR count). The first kappa shape index (κ1) is 26.0. The van der Waals surface area contributed by atoms with Crippen molar-refractivity contribution in [3.63, 3.8) is 0 Å². The fraction of sp³-hybridized carbons (Fsp3) is 0.370. The maximum Gasteiger partial charge on any atom is 0.335 e. The SMILES string of the molecule is CCOC(=O)C1=C(N(Cc2ccc(OC)cc2)C(=O)CC(=O)OC)CN(Cc2ccccc2)CC1. The summed E-state index contributed by atoms with van der Waals surface area (Å²) in [5.41, 5.74) is 2.98. The smallest absolute Gasteiger partial charge is 0.335 e. The highest BCUT2D eigenvalue weighted by atomic mass is 16.5. The fourth-order valence-electron chi connectivity index (χ4n) is 4.00. The number of carbonyl (C=O) groups excluding carboxylic acids is 3. The van der Waals surface area contributed by atoms with Crippen molar-refractivity contribution < 1.29 is 28.6 Å². The molecule has 0 unspecified atom stereocenters. The third-order valence-electron chi connectivity index (χ3n) is 5.82. The van der Waals surface area contributed by atoms with Crippen molar-refractivity contribution in [2.75, 3.05) is 33.9 Å². The van der Waals surface area contributed by atoms with Crippen molar-refractivity contribution in [2.45, 2.75) is 32.9 Å². The summed E-state index contributed by atoms with van der Waals surface area (Å²) in [6, 6.07) is 17.3. The van der Waals surface area contributed by atoms with Crippen LogP contribution in [0.2, 0.25) is 0 Å². The summed E-state index contributed by atoms with van der Waals surface area (Å²) < 4.78 is 15.3. The molecule has 1 heterocycles. The molecule has 0 radical (unpaired) electrons. The second-order valence-corrected chi connectivity index (χ2v) is 8.17. The molecule has 2 aromatic carbocycles. The molecule has 0 bridgehead atoms. The van der Waals surface area contributed by atoms with Gasteiger partial charge in [0.25, 0.3) is 0 Å². The third-order valence-corrected chi connectivity index (χ3v) is 5.82. The zero-order valence-corrected chi connectivity index (χ0v) is 20.5. The van der Waals surface area contributed by atoms with Crippen LogP contribution in [-0.2, 0) is 36.9 Å². The van der Waals surface area contributed by atoms with Crippen LogP contribution >= 0.6 is 0 Å². The Bertz CT molecular complexity index is 1050. The average molecular weight is 481 g/mol. The van der Waals surface area contributed by atoms with Crippen LogP contribution < -0.4 is 4.74 Å². The molecule has 1 aliphatic rings. The lowest BCUT2D eigenvalue weighted by Gasteiger charge is -2.35. The molecule has 0 aromatic heterocycles. The van der Waals surface area contributed by atoms with E-state index in [-0.39, 0.29) is 13.2 Å². The largest absolute Gasteiger partial charge is 0.497 e. The molecule has 2 aromatic rings. The molecular formula is C27H32N2O6. The van der Waals surface area contributed by atoms with E-state index in [1.165, 1.54) is 12.0 Å². The number of methoxy groups -OCH3 is 2. The summed E-state index contributed by atoms with van der Waals surface area (Å²) in [5.74, 6) is -0.817. The minimum atomic E-state index is -0.634. The number of benzene rings is 2. The number of ether oxygens (including phenoxy) is 3. The van der Waals surface area contributed by atoms with Crippen molar-refractivity contribution in [3.05, 3.63) is 77.0 Å². The molecular weight excluding hydrogens is 448 g/mol. The van der Waals surface area contributed by atoms with Crippen LogP contribution in [0.4, 0.5) is 0 Å². The van der Waals surface area contributed by atoms with E-state index < -0.39 is 24.3 Å². The van der Waals surface area contributed by atoms with Crippen LogP contribution in [0.15, 0.2) is 65.9 Å². The third kappa shape index (κ3) is 7.16. The number of hydrogen-bond donors (Lipinski definition) is 0.